The van der Waals surface area contributed by atoms with E-state index < -0.39 is 4.92 Å². The maximum atomic E-state index is 12.1. The van der Waals surface area contributed by atoms with Crippen LogP contribution in [0.25, 0.3) is 0 Å². The fourth-order valence-electron chi connectivity index (χ4n) is 3.14. The Morgan fingerprint density at radius 1 is 1.23 bits per heavy atom. The van der Waals surface area contributed by atoms with Gasteiger partial charge >= 0.3 is 0 Å². The van der Waals surface area contributed by atoms with Gasteiger partial charge in [-0.2, -0.15) is 10.2 Å². The zero-order valence-corrected chi connectivity index (χ0v) is 17.5. The summed E-state index contributed by atoms with van der Waals surface area (Å²) in [5.74, 6) is 0.424. The van der Waals surface area contributed by atoms with Crippen molar-refractivity contribution >= 4 is 17.8 Å². The van der Waals surface area contributed by atoms with Crippen molar-refractivity contribution < 1.29 is 14.5 Å². The number of hydrazone groups is 1. The van der Waals surface area contributed by atoms with Crippen molar-refractivity contribution in [3.8, 4) is 5.75 Å². The lowest BCUT2D eigenvalue weighted by atomic mass is 10.1. The molecule has 0 aliphatic carbocycles. The van der Waals surface area contributed by atoms with Gasteiger partial charge in [0.05, 0.1) is 36.9 Å². The van der Waals surface area contributed by atoms with Gasteiger partial charge < -0.3 is 4.74 Å². The Labute approximate surface area is 179 Å². The van der Waals surface area contributed by atoms with Crippen LogP contribution in [0.15, 0.2) is 53.6 Å². The monoisotopic (exact) mass is 421 g/mol. The van der Waals surface area contributed by atoms with E-state index in [1.54, 1.807) is 25.5 Å². The highest BCUT2D eigenvalue weighted by molar-refractivity contribution is 5.83. The van der Waals surface area contributed by atoms with Gasteiger partial charge in [-0.3, -0.25) is 19.6 Å². The first-order valence-corrected chi connectivity index (χ1v) is 9.59. The number of aromatic nitrogens is 2. The van der Waals surface area contributed by atoms with Crippen LogP contribution in [0, 0.1) is 24.0 Å². The number of methoxy groups -OCH3 is 1. The minimum Gasteiger partial charge on any atom is -0.496 e. The molecule has 0 atom stereocenters. The van der Waals surface area contributed by atoms with Gasteiger partial charge in [0, 0.05) is 23.4 Å². The van der Waals surface area contributed by atoms with Gasteiger partial charge in [-0.05, 0) is 49.2 Å². The number of hydrogen-bond acceptors (Lipinski definition) is 6. The van der Waals surface area contributed by atoms with Crippen molar-refractivity contribution in [2.45, 2.75) is 26.8 Å². The minimum absolute atomic E-state index is 0.0158. The predicted octanol–water partition coefficient (Wildman–Crippen LogP) is 3.16. The lowest BCUT2D eigenvalue weighted by Gasteiger charge is -2.11. The van der Waals surface area contributed by atoms with Crippen LogP contribution in [0.1, 0.15) is 28.1 Å². The van der Waals surface area contributed by atoms with Crippen LogP contribution in [0.2, 0.25) is 0 Å². The maximum absolute atomic E-state index is 12.1. The molecule has 3 aromatic rings. The second-order valence-corrected chi connectivity index (χ2v) is 7.05. The molecule has 0 aliphatic heterocycles. The molecule has 1 aromatic heterocycles. The first kappa shape index (κ1) is 21.7. The van der Waals surface area contributed by atoms with Crippen LogP contribution in [0.5, 0.6) is 5.75 Å². The number of benzene rings is 2. The number of rotatable bonds is 8. The summed E-state index contributed by atoms with van der Waals surface area (Å²) in [4.78, 5) is 22.3. The average molecular weight is 421 g/mol. The molecule has 0 unspecified atom stereocenters. The number of nitrogens with one attached hydrogen (secondary N) is 1. The summed E-state index contributed by atoms with van der Waals surface area (Å²) >= 11 is 0. The van der Waals surface area contributed by atoms with Crippen LogP contribution >= 0.6 is 0 Å². The highest BCUT2D eigenvalue weighted by Gasteiger charge is 2.09. The van der Waals surface area contributed by atoms with E-state index in [1.807, 2.05) is 42.8 Å². The third-order valence-electron chi connectivity index (χ3n) is 4.64. The number of nitrogens with zero attached hydrogens (tertiary/aromatic N) is 4. The summed E-state index contributed by atoms with van der Waals surface area (Å²) in [7, 11) is 1.62. The molecule has 0 saturated heterocycles. The Balaban J connectivity index is 1.64. The molecule has 1 heterocycles. The van der Waals surface area contributed by atoms with Crippen LogP contribution in [0.4, 0.5) is 5.69 Å². The van der Waals surface area contributed by atoms with Gasteiger partial charge in [-0.25, -0.2) is 5.43 Å². The predicted molar refractivity (Wildman–Crippen MR) is 116 cm³/mol. The molecule has 2 aromatic carbocycles. The Morgan fingerprint density at radius 3 is 2.58 bits per heavy atom. The largest absolute Gasteiger partial charge is 0.496 e. The molecule has 31 heavy (non-hydrogen) atoms. The molecular formula is C22H23N5O4. The highest BCUT2D eigenvalue weighted by Crippen LogP contribution is 2.21. The number of non-ortho nitro benzene ring substituents is 1. The van der Waals surface area contributed by atoms with Crippen molar-refractivity contribution in [1.82, 2.24) is 15.2 Å². The molecule has 0 fully saturated rings. The number of amides is 1. The molecule has 3 rings (SSSR count). The minimum atomic E-state index is -0.480. The number of nitro benzene ring substituents is 1. The molecule has 1 N–H and O–H groups in total. The second kappa shape index (κ2) is 9.66. The van der Waals surface area contributed by atoms with E-state index in [0.29, 0.717) is 12.1 Å². The van der Waals surface area contributed by atoms with Crippen LogP contribution in [0.3, 0.4) is 0 Å². The number of nitro groups is 1. The van der Waals surface area contributed by atoms with E-state index in [-0.39, 0.29) is 18.0 Å². The second-order valence-electron chi connectivity index (χ2n) is 7.05. The Kier molecular flexibility index (Phi) is 6.76. The first-order valence-electron chi connectivity index (χ1n) is 9.59. The van der Waals surface area contributed by atoms with Crippen molar-refractivity contribution in [1.29, 1.82) is 0 Å². The number of hydrogen-bond donors (Lipinski definition) is 1. The van der Waals surface area contributed by atoms with E-state index in [2.05, 4.69) is 15.6 Å². The van der Waals surface area contributed by atoms with Crippen molar-refractivity contribution in [2.24, 2.45) is 5.10 Å². The van der Waals surface area contributed by atoms with Crippen LogP contribution < -0.4 is 10.2 Å². The number of carbonyl (C=O) groups is 1. The molecule has 9 heteroatoms. The van der Waals surface area contributed by atoms with Crippen molar-refractivity contribution in [3.63, 3.8) is 0 Å². The maximum Gasteiger partial charge on any atom is 0.269 e. The Morgan fingerprint density at radius 2 is 1.97 bits per heavy atom. The number of aryl methyl sites for hydroxylation is 2. The van der Waals surface area contributed by atoms with E-state index in [9.17, 15) is 14.9 Å². The van der Waals surface area contributed by atoms with E-state index >= 15 is 0 Å². The smallest absolute Gasteiger partial charge is 0.269 e. The normalized spacial score (nSPS) is 10.9. The highest BCUT2D eigenvalue weighted by atomic mass is 16.6. The third kappa shape index (κ3) is 5.75. The standard InChI is InChI=1S/C22H23N5O4/c1-15-10-16(2)26(25-15)14-19-11-18(6-9-21(19)31-3)13-23-24-22(28)12-17-4-7-20(8-5-17)27(29)30/h4-11,13H,12,14H2,1-3H3,(H,24,28). The molecular weight excluding hydrogens is 398 g/mol. The van der Waals surface area contributed by atoms with Crippen molar-refractivity contribution in [2.75, 3.05) is 7.11 Å². The van der Waals surface area contributed by atoms with Crippen LogP contribution in [-0.4, -0.2) is 33.9 Å². The summed E-state index contributed by atoms with van der Waals surface area (Å²) in [6.45, 7) is 4.50. The fourth-order valence-corrected chi connectivity index (χ4v) is 3.14. The molecule has 0 saturated carbocycles. The zero-order valence-electron chi connectivity index (χ0n) is 17.5. The van der Waals surface area contributed by atoms with Gasteiger partial charge in [0.25, 0.3) is 5.69 Å². The van der Waals surface area contributed by atoms with Gasteiger partial charge in [-0.1, -0.05) is 12.1 Å². The van der Waals surface area contributed by atoms with Gasteiger partial charge in [0.1, 0.15) is 5.75 Å². The summed E-state index contributed by atoms with van der Waals surface area (Å²) in [5.41, 5.74) is 6.86. The average Bonchev–Trinajstić information content (AvgIpc) is 3.05. The van der Waals surface area contributed by atoms with E-state index in [1.165, 1.54) is 12.1 Å². The first-order chi connectivity index (χ1) is 14.9. The summed E-state index contributed by atoms with van der Waals surface area (Å²) in [6, 6.07) is 13.5. The van der Waals surface area contributed by atoms with Gasteiger partial charge in [0.15, 0.2) is 0 Å². The zero-order chi connectivity index (χ0) is 22.4. The summed E-state index contributed by atoms with van der Waals surface area (Å²) < 4.78 is 7.36. The van der Waals surface area contributed by atoms with E-state index in [4.69, 9.17) is 4.74 Å². The Hall–Kier alpha value is -4.01. The molecule has 0 radical (unpaired) electrons. The van der Waals surface area contributed by atoms with Crippen molar-refractivity contribution in [3.05, 3.63) is 86.7 Å². The van der Waals surface area contributed by atoms with Gasteiger partial charge in [-0.15, -0.1) is 0 Å². The third-order valence-corrected chi connectivity index (χ3v) is 4.64. The number of carbonyl (C=O) groups excluding carboxylic acids is 1. The quantitative estimate of drug-likeness (QED) is 0.341. The summed E-state index contributed by atoms with van der Waals surface area (Å²) in [5, 5.41) is 19.2. The molecule has 9 nitrogen and oxygen atoms in total. The summed E-state index contributed by atoms with van der Waals surface area (Å²) in [6.07, 6.45) is 1.62. The SMILES string of the molecule is COc1ccc(C=NNC(=O)Cc2ccc([N+](=O)[O-])cc2)cc1Cn1nc(C)cc1C. The van der Waals surface area contributed by atoms with Gasteiger partial charge in [0.2, 0.25) is 5.91 Å². The molecule has 0 bridgehead atoms. The number of ether oxygens (including phenoxy) is 1. The molecule has 0 spiro atoms. The topological polar surface area (TPSA) is 112 Å². The molecule has 0 aliphatic rings. The fraction of sp³-hybridized carbons (Fsp3) is 0.227. The lowest BCUT2D eigenvalue weighted by Crippen LogP contribution is -2.19. The molecule has 1 amide bonds. The van der Waals surface area contributed by atoms with E-state index in [0.717, 1.165) is 28.3 Å². The lowest BCUT2D eigenvalue weighted by molar-refractivity contribution is -0.384. The molecule has 160 valence electrons. The Bertz CT molecular complexity index is 1120. The van der Waals surface area contributed by atoms with Crippen LogP contribution in [-0.2, 0) is 17.8 Å².